The van der Waals surface area contributed by atoms with Crippen molar-refractivity contribution in [2.75, 3.05) is 11.1 Å². The monoisotopic (exact) mass is 227 g/mol. The van der Waals surface area contributed by atoms with Gasteiger partial charge in [-0.15, -0.1) is 0 Å². The zero-order valence-electron chi connectivity index (χ0n) is 10.2. The molecule has 1 heterocycles. The highest BCUT2D eigenvalue weighted by Crippen LogP contribution is 2.20. The molecular formula is C14H17N3. The van der Waals surface area contributed by atoms with Crippen molar-refractivity contribution < 1.29 is 0 Å². The summed E-state index contributed by atoms with van der Waals surface area (Å²) in [4.78, 5) is 4.08. The lowest BCUT2D eigenvalue weighted by molar-refractivity contribution is 1.09. The lowest BCUT2D eigenvalue weighted by Crippen LogP contribution is -2.04. The highest BCUT2D eigenvalue weighted by molar-refractivity contribution is 5.66. The average molecular weight is 227 g/mol. The summed E-state index contributed by atoms with van der Waals surface area (Å²) in [7, 11) is 0. The van der Waals surface area contributed by atoms with E-state index in [0.717, 1.165) is 17.9 Å². The minimum absolute atomic E-state index is 0.765. The smallest absolute Gasteiger partial charge is 0.0576 e. The van der Waals surface area contributed by atoms with Crippen LogP contribution in [0.15, 0.2) is 36.7 Å². The van der Waals surface area contributed by atoms with Crippen molar-refractivity contribution >= 4 is 11.4 Å². The Morgan fingerprint density at radius 1 is 1.24 bits per heavy atom. The Hall–Kier alpha value is -2.03. The Morgan fingerprint density at radius 2 is 2.06 bits per heavy atom. The Balaban J connectivity index is 2.10. The number of nitrogens with one attached hydrogen (secondary N) is 1. The molecule has 88 valence electrons. The van der Waals surface area contributed by atoms with Crippen LogP contribution in [0.1, 0.15) is 16.7 Å². The number of anilines is 2. The third kappa shape index (κ3) is 2.75. The van der Waals surface area contributed by atoms with Gasteiger partial charge in [-0.05, 0) is 48.7 Å². The van der Waals surface area contributed by atoms with Crippen molar-refractivity contribution in [1.29, 1.82) is 0 Å². The Bertz CT molecular complexity index is 521. The second kappa shape index (κ2) is 4.87. The van der Waals surface area contributed by atoms with Crippen LogP contribution in [0.4, 0.5) is 11.4 Å². The molecule has 0 amide bonds. The number of rotatable bonds is 3. The Kier molecular flexibility index (Phi) is 3.28. The second-order valence-corrected chi connectivity index (χ2v) is 4.25. The molecule has 2 rings (SSSR count). The van der Waals surface area contributed by atoms with Crippen molar-refractivity contribution in [3.8, 4) is 0 Å². The zero-order valence-corrected chi connectivity index (χ0v) is 10.2. The molecular weight excluding hydrogens is 210 g/mol. The first-order chi connectivity index (χ1) is 8.16. The maximum Gasteiger partial charge on any atom is 0.0576 e. The molecule has 0 aliphatic carbocycles. The van der Waals surface area contributed by atoms with Crippen molar-refractivity contribution in [2.24, 2.45) is 0 Å². The number of hydrogen-bond donors (Lipinski definition) is 2. The molecule has 3 nitrogen and oxygen atoms in total. The molecule has 0 saturated carbocycles. The molecule has 0 fully saturated rings. The van der Waals surface area contributed by atoms with Crippen LogP contribution in [0.25, 0.3) is 0 Å². The third-order valence-electron chi connectivity index (χ3n) is 2.81. The van der Waals surface area contributed by atoms with E-state index in [1.165, 1.54) is 16.7 Å². The van der Waals surface area contributed by atoms with Crippen molar-refractivity contribution in [3.05, 3.63) is 53.3 Å². The minimum Gasteiger partial charge on any atom is -0.397 e. The highest BCUT2D eigenvalue weighted by Gasteiger charge is 2.00. The highest BCUT2D eigenvalue weighted by atomic mass is 14.9. The normalized spacial score (nSPS) is 10.2. The maximum atomic E-state index is 5.95. The summed E-state index contributed by atoms with van der Waals surface area (Å²) in [6, 6.07) is 8.06. The van der Waals surface area contributed by atoms with Gasteiger partial charge in [0, 0.05) is 18.9 Å². The first-order valence-electron chi connectivity index (χ1n) is 5.66. The SMILES string of the molecule is Cc1ccc(NCc2ccncc2C)c(N)c1. The molecule has 0 atom stereocenters. The number of pyridine rings is 1. The van der Waals surface area contributed by atoms with Gasteiger partial charge in [0.2, 0.25) is 0 Å². The summed E-state index contributed by atoms with van der Waals surface area (Å²) in [5.41, 5.74) is 11.3. The van der Waals surface area contributed by atoms with Crippen molar-refractivity contribution in [3.63, 3.8) is 0 Å². The number of benzene rings is 1. The van der Waals surface area contributed by atoms with Gasteiger partial charge in [0.1, 0.15) is 0 Å². The van der Waals surface area contributed by atoms with Gasteiger partial charge < -0.3 is 11.1 Å². The summed E-state index contributed by atoms with van der Waals surface area (Å²) in [6.45, 7) is 4.86. The van der Waals surface area contributed by atoms with Gasteiger partial charge in [0.15, 0.2) is 0 Å². The summed E-state index contributed by atoms with van der Waals surface area (Å²) >= 11 is 0. The fourth-order valence-corrected chi connectivity index (χ4v) is 1.73. The van der Waals surface area contributed by atoms with Crippen LogP contribution in [0.2, 0.25) is 0 Å². The lowest BCUT2D eigenvalue weighted by Gasteiger charge is -2.11. The van der Waals surface area contributed by atoms with Gasteiger partial charge in [-0.25, -0.2) is 0 Å². The summed E-state index contributed by atoms with van der Waals surface area (Å²) in [5.74, 6) is 0. The number of nitrogen functional groups attached to an aromatic ring is 1. The van der Waals surface area contributed by atoms with Gasteiger partial charge in [0.05, 0.1) is 11.4 Å². The standard InChI is InChI=1S/C14H17N3/c1-10-3-4-14(13(15)7-10)17-9-12-5-6-16-8-11(12)2/h3-8,17H,9,15H2,1-2H3. The molecule has 3 N–H and O–H groups in total. The van der Waals surface area contributed by atoms with Crippen LogP contribution in [0, 0.1) is 13.8 Å². The van der Waals surface area contributed by atoms with Gasteiger partial charge in [-0.1, -0.05) is 6.07 Å². The first kappa shape index (κ1) is 11.5. The number of nitrogens with zero attached hydrogens (tertiary/aromatic N) is 1. The van der Waals surface area contributed by atoms with E-state index in [4.69, 9.17) is 5.73 Å². The molecule has 0 unspecified atom stereocenters. The molecule has 0 aliphatic rings. The van der Waals surface area contributed by atoms with Gasteiger partial charge in [-0.2, -0.15) is 0 Å². The largest absolute Gasteiger partial charge is 0.397 e. The van der Waals surface area contributed by atoms with E-state index in [2.05, 4.69) is 23.3 Å². The predicted octanol–water partition coefficient (Wildman–Crippen LogP) is 2.89. The van der Waals surface area contributed by atoms with Gasteiger partial charge >= 0.3 is 0 Å². The molecule has 0 aliphatic heterocycles. The van der Waals surface area contributed by atoms with Crippen LogP contribution in [0.3, 0.4) is 0 Å². The van der Waals surface area contributed by atoms with Gasteiger partial charge in [0.25, 0.3) is 0 Å². The summed E-state index contributed by atoms with van der Waals surface area (Å²) in [6.07, 6.45) is 3.68. The molecule has 1 aromatic heterocycles. The maximum absolute atomic E-state index is 5.95. The van der Waals surface area contributed by atoms with Crippen LogP contribution < -0.4 is 11.1 Å². The summed E-state index contributed by atoms with van der Waals surface area (Å²) in [5, 5.41) is 3.34. The molecule has 17 heavy (non-hydrogen) atoms. The average Bonchev–Trinajstić information content (AvgIpc) is 2.30. The molecule has 3 heteroatoms. The predicted molar refractivity (Wildman–Crippen MR) is 71.9 cm³/mol. The summed E-state index contributed by atoms with van der Waals surface area (Å²) < 4.78 is 0. The van der Waals surface area contributed by atoms with E-state index in [0.29, 0.717) is 0 Å². The van der Waals surface area contributed by atoms with Crippen molar-refractivity contribution in [2.45, 2.75) is 20.4 Å². The molecule has 0 saturated heterocycles. The Labute approximate surface area is 102 Å². The zero-order chi connectivity index (χ0) is 12.3. The van der Waals surface area contributed by atoms with E-state index >= 15 is 0 Å². The van der Waals surface area contributed by atoms with Crippen LogP contribution >= 0.6 is 0 Å². The second-order valence-electron chi connectivity index (χ2n) is 4.25. The molecule has 0 bridgehead atoms. The molecule has 1 aromatic carbocycles. The number of aryl methyl sites for hydroxylation is 2. The fraction of sp³-hybridized carbons (Fsp3) is 0.214. The van der Waals surface area contributed by atoms with Crippen LogP contribution in [0.5, 0.6) is 0 Å². The van der Waals surface area contributed by atoms with E-state index in [9.17, 15) is 0 Å². The van der Waals surface area contributed by atoms with Crippen molar-refractivity contribution in [1.82, 2.24) is 4.98 Å². The van der Waals surface area contributed by atoms with Crippen LogP contribution in [-0.4, -0.2) is 4.98 Å². The molecule has 0 spiro atoms. The quantitative estimate of drug-likeness (QED) is 0.793. The molecule has 0 radical (unpaired) electrons. The number of nitrogens with two attached hydrogens (primary N) is 1. The van der Waals surface area contributed by atoms with E-state index in [-0.39, 0.29) is 0 Å². The van der Waals surface area contributed by atoms with E-state index < -0.39 is 0 Å². The fourth-order valence-electron chi connectivity index (χ4n) is 1.73. The third-order valence-corrected chi connectivity index (χ3v) is 2.81. The Morgan fingerprint density at radius 3 is 2.76 bits per heavy atom. The lowest BCUT2D eigenvalue weighted by atomic mass is 10.1. The van der Waals surface area contributed by atoms with E-state index in [1.807, 2.05) is 37.5 Å². The number of aromatic nitrogens is 1. The molecule has 2 aromatic rings. The number of hydrogen-bond acceptors (Lipinski definition) is 3. The van der Waals surface area contributed by atoms with Gasteiger partial charge in [-0.3, -0.25) is 4.98 Å². The van der Waals surface area contributed by atoms with E-state index in [1.54, 1.807) is 0 Å². The first-order valence-corrected chi connectivity index (χ1v) is 5.66. The topological polar surface area (TPSA) is 50.9 Å². The van der Waals surface area contributed by atoms with Crippen LogP contribution in [-0.2, 0) is 6.54 Å². The minimum atomic E-state index is 0.765.